The predicted octanol–water partition coefficient (Wildman–Crippen LogP) is 4.58. The third kappa shape index (κ3) is 47.8. The van der Waals surface area contributed by atoms with E-state index in [9.17, 15) is 0 Å². The van der Waals surface area contributed by atoms with Crippen LogP contribution in [0.4, 0.5) is 0 Å². The van der Waals surface area contributed by atoms with Gasteiger partial charge in [0, 0.05) is 12.5 Å². The topological polar surface area (TPSA) is 120 Å². The van der Waals surface area contributed by atoms with Gasteiger partial charge in [0.1, 0.15) is 0 Å². The molecule has 0 aromatic rings. The first-order valence-electron chi connectivity index (χ1n) is 19.0. The second kappa shape index (κ2) is 48.8. The lowest BCUT2D eigenvalue weighted by atomic mass is 10.1. The van der Waals surface area contributed by atoms with Gasteiger partial charge in [0.05, 0.1) is 165 Å². The molecule has 14 heteroatoms. The third-order valence-corrected chi connectivity index (χ3v) is 6.98. The van der Waals surface area contributed by atoms with Gasteiger partial charge in [0.15, 0.2) is 0 Å². The van der Waals surface area contributed by atoms with Crippen LogP contribution >= 0.6 is 11.6 Å². The minimum absolute atomic E-state index is 0.498. The molecular weight excluding hydrogens is 676 g/mol. The zero-order valence-electron chi connectivity index (χ0n) is 31.4. The third-order valence-electron chi connectivity index (χ3n) is 6.83. The molecule has 0 rings (SSSR count). The van der Waals surface area contributed by atoms with E-state index < -0.39 is 0 Å². The van der Waals surface area contributed by atoms with Crippen molar-refractivity contribution in [3.8, 4) is 0 Å². The van der Waals surface area contributed by atoms with Crippen molar-refractivity contribution in [1.82, 2.24) is 0 Å². The fourth-order valence-electron chi connectivity index (χ4n) is 4.13. The summed E-state index contributed by atoms with van der Waals surface area (Å²) in [6, 6.07) is 0. The predicted molar refractivity (Wildman–Crippen MR) is 194 cm³/mol. The Kier molecular flexibility index (Phi) is 48.5. The highest BCUT2D eigenvalue weighted by molar-refractivity contribution is 6.17. The van der Waals surface area contributed by atoms with Crippen LogP contribution in [0, 0.1) is 0 Å². The lowest BCUT2D eigenvalue weighted by Crippen LogP contribution is -2.15. The van der Waals surface area contributed by atoms with Crippen LogP contribution in [0.3, 0.4) is 0 Å². The number of unbranched alkanes of at least 4 members (excludes halogenated alkanes) is 7. The Morgan fingerprint density at radius 3 is 0.620 bits per heavy atom. The maximum atomic E-state index is 5.62. The fourth-order valence-corrected chi connectivity index (χ4v) is 4.24. The van der Waals surface area contributed by atoms with Gasteiger partial charge in [-0.1, -0.05) is 51.9 Å². The van der Waals surface area contributed by atoms with Gasteiger partial charge in [-0.05, 0) is 6.42 Å². The average molecular weight is 749 g/mol. The van der Waals surface area contributed by atoms with E-state index in [1.807, 2.05) is 0 Å². The van der Waals surface area contributed by atoms with Crippen molar-refractivity contribution in [2.24, 2.45) is 0 Å². The Bertz CT molecular complexity index is 536. The van der Waals surface area contributed by atoms with Crippen LogP contribution in [0.2, 0.25) is 0 Å². The highest BCUT2D eigenvalue weighted by Gasteiger charge is 1.97. The number of ether oxygens (including phenoxy) is 13. The molecule has 0 bridgehead atoms. The van der Waals surface area contributed by atoms with Gasteiger partial charge in [0.2, 0.25) is 0 Å². The molecule has 0 aromatic heterocycles. The van der Waals surface area contributed by atoms with Crippen LogP contribution in [-0.4, -0.2) is 178 Å². The first-order valence-corrected chi connectivity index (χ1v) is 19.5. The first kappa shape index (κ1) is 49.8. The molecule has 50 heavy (non-hydrogen) atoms. The largest absolute Gasteiger partial charge is 0.379 e. The Morgan fingerprint density at radius 1 is 0.220 bits per heavy atom. The molecule has 0 aliphatic heterocycles. The smallest absolute Gasteiger partial charge is 0.0701 e. The summed E-state index contributed by atoms with van der Waals surface area (Å²) >= 11 is 5.52. The van der Waals surface area contributed by atoms with E-state index in [0.29, 0.717) is 171 Å². The highest BCUT2D eigenvalue weighted by Crippen LogP contribution is 2.08. The minimum Gasteiger partial charge on any atom is -0.379 e. The number of halogens is 1. The molecular formula is C36H73ClO13. The van der Waals surface area contributed by atoms with Crippen molar-refractivity contribution in [2.45, 2.75) is 58.3 Å². The Balaban J connectivity index is 3.04. The molecule has 0 radical (unpaired) electrons. The molecule has 13 nitrogen and oxygen atoms in total. The van der Waals surface area contributed by atoms with Crippen LogP contribution in [0.1, 0.15) is 58.3 Å². The highest BCUT2D eigenvalue weighted by atomic mass is 35.5. The van der Waals surface area contributed by atoms with E-state index in [-0.39, 0.29) is 0 Å². The van der Waals surface area contributed by atoms with Crippen LogP contribution < -0.4 is 0 Å². The molecule has 302 valence electrons. The summed E-state index contributed by atoms with van der Waals surface area (Å²) in [6.07, 6.45) is 10.5. The minimum atomic E-state index is 0.498. The second-order valence-electron chi connectivity index (χ2n) is 11.1. The van der Waals surface area contributed by atoms with Crippen LogP contribution in [0.25, 0.3) is 0 Å². The van der Waals surface area contributed by atoms with Crippen molar-refractivity contribution in [2.75, 3.05) is 178 Å². The second-order valence-corrected chi connectivity index (χ2v) is 11.5. The molecule has 0 aliphatic rings. The van der Waals surface area contributed by atoms with Gasteiger partial charge in [0.25, 0.3) is 0 Å². The summed E-state index contributed by atoms with van der Waals surface area (Å²) in [7, 11) is 0. The first-order chi connectivity index (χ1) is 24.9. The van der Waals surface area contributed by atoms with E-state index >= 15 is 0 Å². The summed E-state index contributed by atoms with van der Waals surface area (Å²) in [6.45, 7) is 16.5. The lowest BCUT2D eigenvalue weighted by Gasteiger charge is -2.09. The Labute approximate surface area is 308 Å². The van der Waals surface area contributed by atoms with Crippen molar-refractivity contribution >= 4 is 11.6 Å². The summed E-state index contributed by atoms with van der Waals surface area (Å²) in [5.74, 6) is 0.498. The van der Waals surface area contributed by atoms with E-state index in [1.165, 1.54) is 44.9 Å². The average Bonchev–Trinajstić information content (AvgIpc) is 3.13. The summed E-state index contributed by atoms with van der Waals surface area (Å²) in [4.78, 5) is 0. The molecule has 0 fully saturated rings. The van der Waals surface area contributed by atoms with Crippen LogP contribution in [0.5, 0.6) is 0 Å². The normalized spacial score (nSPS) is 11.6. The van der Waals surface area contributed by atoms with E-state index in [4.69, 9.17) is 73.2 Å². The van der Waals surface area contributed by atoms with Crippen molar-refractivity contribution in [3.05, 3.63) is 0 Å². The molecule has 0 aliphatic carbocycles. The summed E-state index contributed by atoms with van der Waals surface area (Å²) in [5.41, 5.74) is 0. The van der Waals surface area contributed by atoms with E-state index in [2.05, 4.69) is 6.92 Å². The van der Waals surface area contributed by atoms with Gasteiger partial charge in [-0.15, -0.1) is 11.6 Å². The maximum Gasteiger partial charge on any atom is 0.0701 e. The SMILES string of the molecule is CCCCCCCCCCOCCOCCOCCOCCOCCOCCOCCOCCOCCOCCOCCOCCOCCCl. The van der Waals surface area contributed by atoms with Crippen LogP contribution in [0.15, 0.2) is 0 Å². The monoisotopic (exact) mass is 748 g/mol. The Morgan fingerprint density at radius 2 is 0.400 bits per heavy atom. The summed E-state index contributed by atoms with van der Waals surface area (Å²) < 4.78 is 71.1. The molecule has 0 saturated heterocycles. The molecule has 0 aromatic carbocycles. The van der Waals surface area contributed by atoms with E-state index in [0.717, 1.165) is 13.0 Å². The molecule has 0 atom stereocenters. The molecule has 0 unspecified atom stereocenters. The fraction of sp³-hybridized carbons (Fsp3) is 1.00. The zero-order chi connectivity index (χ0) is 35.9. The molecule has 0 spiro atoms. The van der Waals surface area contributed by atoms with Gasteiger partial charge >= 0.3 is 0 Å². The van der Waals surface area contributed by atoms with Gasteiger partial charge in [-0.25, -0.2) is 0 Å². The van der Waals surface area contributed by atoms with Crippen molar-refractivity contribution in [1.29, 1.82) is 0 Å². The van der Waals surface area contributed by atoms with Gasteiger partial charge in [-0.2, -0.15) is 0 Å². The number of hydrogen-bond acceptors (Lipinski definition) is 13. The lowest BCUT2D eigenvalue weighted by molar-refractivity contribution is -0.0289. The van der Waals surface area contributed by atoms with Crippen molar-refractivity contribution < 1.29 is 61.6 Å². The molecule has 0 saturated carbocycles. The van der Waals surface area contributed by atoms with E-state index in [1.54, 1.807) is 0 Å². The quantitative estimate of drug-likeness (QED) is 0.0639. The Hall–Kier alpha value is -0.230. The summed E-state index contributed by atoms with van der Waals surface area (Å²) in [5, 5.41) is 0. The van der Waals surface area contributed by atoms with Gasteiger partial charge in [-0.3, -0.25) is 0 Å². The standard InChI is InChI=1S/C36H73ClO13/c1-2-3-4-5-6-7-8-9-11-38-13-15-40-17-19-42-21-23-44-25-27-46-29-31-48-33-35-50-36-34-49-32-30-47-28-26-45-24-22-43-20-18-41-16-14-39-12-10-37/h2-36H2,1H3. The van der Waals surface area contributed by atoms with Crippen molar-refractivity contribution in [3.63, 3.8) is 0 Å². The van der Waals surface area contributed by atoms with Crippen LogP contribution in [-0.2, 0) is 61.6 Å². The molecule has 0 amide bonds. The van der Waals surface area contributed by atoms with Gasteiger partial charge < -0.3 is 61.6 Å². The number of alkyl halides is 1. The number of rotatable bonds is 47. The number of hydrogen-bond donors (Lipinski definition) is 0. The molecule has 0 N–H and O–H groups in total. The molecule has 0 heterocycles. The zero-order valence-corrected chi connectivity index (χ0v) is 32.2. The maximum absolute atomic E-state index is 5.62.